The number of ether oxygens (including phenoxy) is 1. The van der Waals surface area contributed by atoms with Crippen molar-refractivity contribution in [3.63, 3.8) is 0 Å². The van der Waals surface area contributed by atoms with Crippen molar-refractivity contribution >= 4 is 17.7 Å². The lowest BCUT2D eigenvalue weighted by Crippen LogP contribution is -2.15. The molecule has 6 nitrogen and oxygen atoms in total. The molecule has 0 saturated heterocycles. The predicted molar refractivity (Wildman–Crippen MR) is 86.0 cm³/mol. The van der Waals surface area contributed by atoms with Gasteiger partial charge in [0, 0.05) is 16.1 Å². The Morgan fingerprint density at radius 3 is 2.96 bits per heavy atom. The van der Waals surface area contributed by atoms with Gasteiger partial charge in [0.15, 0.2) is 11.9 Å². The number of pyridine rings is 1. The highest BCUT2D eigenvalue weighted by atomic mass is 35.5. The molecule has 0 bridgehead atoms. The lowest BCUT2D eigenvalue weighted by molar-refractivity contribution is -0.491. The predicted octanol–water partition coefficient (Wildman–Crippen LogP) is 3.26. The Morgan fingerprint density at radius 2 is 2.25 bits per heavy atom. The van der Waals surface area contributed by atoms with Crippen LogP contribution in [0.3, 0.4) is 0 Å². The number of halogens is 2. The Hall–Kier alpha value is -2.51. The molecule has 0 fully saturated rings. The first-order valence-corrected chi connectivity index (χ1v) is 7.43. The number of aliphatic hydroxyl groups is 1. The molecule has 0 saturated carbocycles. The fourth-order valence-corrected chi connectivity index (χ4v) is 2.58. The van der Waals surface area contributed by atoms with Gasteiger partial charge in [-0.1, -0.05) is 17.7 Å². The maximum atomic E-state index is 13.4. The van der Waals surface area contributed by atoms with Gasteiger partial charge in [-0.15, -0.1) is 0 Å². The average Bonchev–Trinajstić information content (AvgIpc) is 2.55. The number of nitrogens with zero attached hydrogens (tertiary/aromatic N) is 2. The van der Waals surface area contributed by atoms with Crippen LogP contribution in [0.15, 0.2) is 30.3 Å². The van der Waals surface area contributed by atoms with Crippen molar-refractivity contribution in [2.24, 2.45) is 0 Å². The van der Waals surface area contributed by atoms with Crippen LogP contribution in [0.5, 0.6) is 5.75 Å². The minimum absolute atomic E-state index is 0.0781. The van der Waals surface area contributed by atoms with Crippen LogP contribution in [0.2, 0.25) is 5.02 Å². The molecule has 24 heavy (non-hydrogen) atoms. The molecule has 1 aromatic carbocycles. The number of hydrogen-bond acceptors (Lipinski definition) is 5. The molecule has 0 spiro atoms. The van der Waals surface area contributed by atoms with Gasteiger partial charge in [0.2, 0.25) is 6.54 Å². The van der Waals surface area contributed by atoms with Gasteiger partial charge < -0.3 is 9.84 Å². The summed E-state index contributed by atoms with van der Waals surface area (Å²) < 4.78 is 19.0. The lowest BCUT2D eigenvalue weighted by Gasteiger charge is -2.19. The second-order valence-corrected chi connectivity index (χ2v) is 5.59. The van der Waals surface area contributed by atoms with E-state index in [1.54, 1.807) is 12.2 Å². The first kappa shape index (κ1) is 16.4. The minimum Gasteiger partial charge on any atom is -0.487 e. The monoisotopic (exact) mass is 350 g/mol. The van der Waals surface area contributed by atoms with Gasteiger partial charge in [-0.05, 0) is 30.3 Å². The van der Waals surface area contributed by atoms with Gasteiger partial charge in [0.1, 0.15) is 18.1 Å². The van der Waals surface area contributed by atoms with Crippen molar-refractivity contribution in [1.29, 1.82) is 0 Å². The molecule has 1 aliphatic rings. The third-order valence-electron chi connectivity index (χ3n) is 3.50. The second-order valence-electron chi connectivity index (χ2n) is 5.19. The number of aliphatic hydroxyl groups excluding tert-OH is 1. The molecule has 3 rings (SSSR count). The van der Waals surface area contributed by atoms with E-state index in [1.165, 1.54) is 24.3 Å². The van der Waals surface area contributed by atoms with Crippen molar-refractivity contribution < 1.29 is 19.2 Å². The standard InChI is InChI=1S/C16H12ClFN2O4/c17-11-6-9(3-4-12(11)18)15-16-10(2-1-5-24-16)7-13(19-15)14(21)8-20(22)23/h1-4,6-7,14,21H,5,8H2. The molecule has 1 atom stereocenters. The number of rotatable bonds is 4. The zero-order valence-corrected chi connectivity index (χ0v) is 13.0. The number of nitro groups is 1. The number of fused-ring (bicyclic) bond motifs is 1. The third kappa shape index (κ3) is 3.22. The molecule has 1 N–H and O–H groups in total. The van der Waals surface area contributed by atoms with Crippen molar-refractivity contribution in [3.8, 4) is 17.0 Å². The summed E-state index contributed by atoms with van der Waals surface area (Å²) in [5.41, 5.74) is 1.60. The molecule has 1 aromatic heterocycles. The lowest BCUT2D eigenvalue weighted by atomic mass is 10.0. The largest absolute Gasteiger partial charge is 0.487 e. The number of hydrogen-bond donors (Lipinski definition) is 1. The van der Waals surface area contributed by atoms with Crippen molar-refractivity contribution in [1.82, 2.24) is 4.98 Å². The topological polar surface area (TPSA) is 85.5 Å². The van der Waals surface area contributed by atoms with E-state index in [-0.39, 0.29) is 10.7 Å². The maximum Gasteiger partial charge on any atom is 0.235 e. The van der Waals surface area contributed by atoms with E-state index < -0.39 is 23.4 Å². The Kier molecular flexibility index (Phi) is 4.46. The summed E-state index contributed by atoms with van der Waals surface area (Å²) in [6, 6.07) is 5.61. The van der Waals surface area contributed by atoms with E-state index in [0.29, 0.717) is 29.2 Å². The van der Waals surface area contributed by atoms with Gasteiger partial charge in [-0.25, -0.2) is 9.37 Å². The summed E-state index contributed by atoms with van der Waals surface area (Å²) in [6.45, 7) is -0.326. The van der Waals surface area contributed by atoms with E-state index in [4.69, 9.17) is 16.3 Å². The van der Waals surface area contributed by atoms with E-state index in [2.05, 4.69) is 4.98 Å². The highest BCUT2D eigenvalue weighted by molar-refractivity contribution is 6.31. The quantitative estimate of drug-likeness (QED) is 0.675. The highest BCUT2D eigenvalue weighted by Crippen LogP contribution is 2.37. The van der Waals surface area contributed by atoms with Gasteiger partial charge in [-0.3, -0.25) is 10.1 Å². The summed E-state index contributed by atoms with van der Waals surface area (Å²) in [6.07, 6.45) is 2.18. The smallest absolute Gasteiger partial charge is 0.235 e. The van der Waals surface area contributed by atoms with Gasteiger partial charge in [0.05, 0.1) is 10.7 Å². The first-order chi connectivity index (χ1) is 11.5. The first-order valence-electron chi connectivity index (χ1n) is 7.05. The van der Waals surface area contributed by atoms with Gasteiger partial charge in [0.25, 0.3) is 0 Å². The molecule has 2 aromatic rings. The van der Waals surface area contributed by atoms with Crippen molar-refractivity contribution in [2.45, 2.75) is 6.10 Å². The van der Waals surface area contributed by atoms with Crippen LogP contribution in [0.25, 0.3) is 17.3 Å². The molecule has 8 heteroatoms. The Morgan fingerprint density at radius 1 is 1.46 bits per heavy atom. The number of benzene rings is 1. The van der Waals surface area contributed by atoms with E-state index in [1.807, 2.05) is 0 Å². The van der Waals surface area contributed by atoms with E-state index >= 15 is 0 Å². The zero-order valence-electron chi connectivity index (χ0n) is 12.3. The Balaban J connectivity index is 2.14. The van der Waals surface area contributed by atoms with Crippen LogP contribution in [0.4, 0.5) is 4.39 Å². The van der Waals surface area contributed by atoms with Gasteiger partial charge in [-0.2, -0.15) is 0 Å². The molecule has 0 radical (unpaired) electrons. The summed E-state index contributed by atoms with van der Waals surface area (Å²) in [5, 5.41) is 20.6. The van der Waals surface area contributed by atoms with Crippen LogP contribution in [0, 0.1) is 15.9 Å². The minimum atomic E-state index is -1.37. The molecule has 0 aliphatic carbocycles. The second kappa shape index (κ2) is 6.54. The van der Waals surface area contributed by atoms with Crippen LogP contribution >= 0.6 is 11.6 Å². The summed E-state index contributed by atoms with van der Waals surface area (Å²) in [5.74, 6) is -0.114. The summed E-state index contributed by atoms with van der Waals surface area (Å²) >= 11 is 5.82. The summed E-state index contributed by atoms with van der Waals surface area (Å²) in [7, 11) is 0. The third-order valence-corrected chi connectivity index (χ3v) is 3.79. The van der Waals surface area contributed by atoms with E-state index in [0.717, 1.165) is 0 Å². The molecule has 1 aliphatic heterocycles. The van der Waals surface area contributed by atoms with Gasteiger partial charge >= 0.3 is 0 Å². The van der Waals surface area contributed by atoms with Crippen LogP contribution in [-0.4, -0.2) is 28.2 Å². The number of aromatic nitrogens is 1. The average molecular weight is 351 g/mol. The molecular formula is C16H12ClFN2O4. The van der Waals surface area contributed by atoms with Crippen LogP contribution in [-0.2, 0) is 0 Å². The molecular weight excluding hydrogens is 339 g/mol. The Labute approximate surface area is 141 Å². The maximum absolute atomic E-state index is 13.4. The normalized spacial score (nSPS) is 14.0. The fraction of sp³-hybridized carbons (Fsp3) is 0.188. The SMILES string of the molecule is O=[N+]([O-])CC(O)c1cc2c(c(-c3ccc(F)c(Cl)c3)n1)OCC=C2. The van der Waals surface area contributed by atoms with Crippen molar-refractivity contribution in [2.75, 3.05) is 13.2 Å². The molecule has 2 heterocycles. The molecule has 0 amide bonds. The molecule has 124 valence electrons. The van der Waals surface area contributed by atoms with Crippen LogP contribution in [0.1, 0.15) is 17.4 Å². The van der Waals surface area contributed by atoms with E-state index in [9.17, 15) is 19.6 Å². The van der Waals surface area contributed by atoms with Crippen molar-refractivity contribution in [3.05, 3.63) is 62.6 Å². The zero-order chi connectivity index (χ0) is 17.3. The highest BCUT2D eigenvalue weighted by Gasteiger charge is 2.22. The van der Waals surface area contributed by atoms with Crippen LogP contribution < -0.4 is 4.74 Å². The fourth-order valence-electron chi connectivity index (χ4n) is 2.40. The Bertz CT molecular complexity index is 841. The molecule has 1 unspecified atom stereocenters. The summed E-state index contributed by atoms with van der Waals surface area (Å²) in [4.78, 5) is 14.3.